The van der Waals surface area contributed by atoms with Crippen molar-refractivity contribution in [1.82, 2.24) is 5.32 Å². The summed E-state index contributed by atoms with van der Waals surface area (Å²) in [5.74, 6) is 0. The van der Waals surface area contributed by atoms with E-state index in [1.54, 1.807) is 0 Å². The second kappa shape index (κ2) is 8.14. The summed E-state index contributed by atoms with van der Waals surface area (Å²) >= 11 is 0. The van der Waals surface area contributed by atoms with Crippen molar-refractivity contribution in [2.24, 2.45) is 5.73 Å². The molecule has 56 valence electrons. The SMILES string of the molecule is NCCCCCNC[SiH3]. The lowest BCUT2D eigenvalue weighted by atomic mass is 10.2. The fourth-order valence-corrected chi connectivity index (χ4v) is 1.10. The lowest BCUT2D eigenvalue weighted by Gasteiger charge is -1.98. The van der Waals surface area contributed by atoms with Gasteiger partial charge in [-0.15, -0.1) is 0 Å². The van der Waals surface area contributed by atoms with Gasteiger partial charge in [-0.3, -0.25) is 0 Å². The number of nitrogens with two attached hydrogens (primary N) is 1. The van der Waals surface area contributed by atoms with Crippen LogP contribution in [-0.4, -0.2) is 29.5 Å². The van der Waals surface area contributed by atoms with Crippen LogP contribution < -0.4 is 11.1 Å². The molecule has 3 N–H and O–H groups in total. The van der Waals surface area contributed by atoms with Crippen molar-refractivity contribution in [2.45, 2.75) is 19.3 Å². The van der Waals surface area contributed by atoms with Gasteiger partial charge in [-0.1, -0.05) is 6.42 Å². The minimum atomic E-state index is 0.848. The molecule has 0 heterocycles. The molecule has 2 nitrogen and oxygen atoms in total. The first-order valence-electron chi connectivity index (χ1n) is 3.82. The lowest BCUT2D eigenvalue weighted by molar-refractivity contribution is 0.641. The molecular weight excluding hydrogens is 128 g/mol. The van der Waals surface area contributed by atoms with Gasteiger partial charge in [0.25, 0.3) is 0 Å². The molecule has 0 rings (SSSR count). The van der Waals surface area contributed by atoms with Gasteiger partial charge in [0.1, 0.15) is 0 Å². The first-order valence-corrected chi connectivity index (χ1v) is 5.24. The Labute approximate surface area is 60.6 Å². The Morgan fingerprint density at radius 1 is 1.22 bits per heavy atom. The van der Waals surface area contributed by atoms with Crippen LogP contribution in [-0.2, 0) is 0 Å². The number of nitrogens with one attached hydrogen (secondary N) is 1. The van der Waals surface area contributed by atoms with Crippen molar-refractivity contribution in [3.63, 3.8) is 0 Å². The molecule has 0 spiro atoms. The topological polar surface area (TPSA) is 38.0 Å². The largest absolute Gasteiger partial charge is 0.330 e. The zero-order chi connectivity index (χ0) is 6.95. The third kappa shape index (κ3) is 8.14. The summed E-state index contributed by atoms with van der Waals surface area (Å²) in [6.07, 6.45) is 4.98. The van der Waals surface area contributed by atoms with E-state index in [9.17, 15) is 0 Å². The molecule has 0 saturated carbocycles. The van der Waals surface area contributed by atoms with Gasteiger partial charge in [-0.05, 0) is 32.1 Å². The second-order valence-corrected chi connectivity index (χ2v) is 2.91. The summed E-state index contributed by atoms with van der Waals surface area (Å²) in [4.78, 5) is 0. The van der Waals surface area contributed by atoms with E-state index in [1.165, 1.54) is 42.2 Å². The molecule has 0 aliphatic heterocycles. The molecule has 0 aromatic carbocycles. The van der Waals surface area contributed by atoms with Crippen LogP contribution in [0, 0.1) is 0 Å². The standard InChI is InChI=1S/C6H18N2Si/c7-4-2-1-3-5-8-6-9/h8H,1-7H2,9H3. The first kappa shape index (κ1) is 9.14. The zero-order valence-electron chi connectivity index (χ0n) is 6.32. The van der Waals surface area contributed by atoms with E-state index >= 15 is 0 Å². The maximum Gasteiger partial charge on any atom is 0.0201 e. The summed E-state index contributed by atoms with van der Waals surface area (Å²) in [6.45, 7) is 2.03. The molecule has 3 heteroatoms. The summed E-state index contributed by atoms with van der Waals surface area (Å²) in [5.41, 5.74) is 5.33. The lowest BCUT2D eigenvalue weighted by Crippen LogP contribution is -2.16. The van der Waals surface area contributed by atoms with Gasteiger partial charge in [0.05, 0.1) is 0 Å². The highest BCUT2D eigenvalue weighted by Crippen LogP contribution is 1.89. The molecule has 0 aromatic rings. The Bertz CT molecular complexity index is 44.3. The first-order chi connectivity index (χ1) is 4.41. The zero-order valence-corrected chi connectivity index (χ0v) is 8.32. The average molecular weight is 146 g/mol. The molecule has 0 atom stereocenters. The third-order valence-corrected chi connectivity index (χ3v) is 1.81. The van der Waals surface area contributed by atoms with Gasteiger partial charge >= 0.3 is 0 Å². The number of hydrogen-bond acceptors (Lipinski definition) is 2. The molecule has 9 heavy (non-hydrogen) atoms. The van der Waals surface area contributed by atoms with E-state index in [2.05, 4.69) is 5.32 Å². The molecule has 0 aromatic heterocycles. The normalized spacial score (nSPS) is 10.3. The number of unbranched alkanes of at least 4 members (excludes halogenated alkanes) is 2. The van der Waals surface area contributed by atoms with Crippen LogP contribution in [0.2, 0.25) is 0 Å². The molecule has 0 unspecified atom stereocenters. The van der Waals surface area contributed by atoms with Crippen LogP contribution in [0.15, 0.2) is 0 Å². The van der Waals surface area contributed by atoms with Crippen LogP contribution >= 0.6 is 0 Å². The highest BCUT2D eigenvalue weighted by atomic mass is 28.1. The fourth-order valence-electron chi connectivity index (χ4n) is 0.748. The van der Waals surface area contributed by atoms with Gasteiger partial charge in [0, 0.05) is 10.2 Å². The molecule has 0 aliphatic carbocycles. The maximum atomic E-state index is 5.33. The second-order valence-electron chi connectivity index (χ2n) is 2.20. The summed E-state index contributed by atoms with van der Waals surface area (Å²) in [7, 11) is 1.27. The number of hydrogen-bond donors (Lipinski definition) is 2. The fraction of sp³-hybridized carbons (Fsp3) is 1.00. The van der Waals surface area contributed by atoms with E-state index in [4.69, 9.17) is 5.73 Å². The Morgan fingerprint density at radius 2 is 2.00 bits per heavy atom. The maximum absolute atomic E-state index is 5.33. The third-order valence-electron chi connectivity index (χ3n) is 1.31. The van der Waals surface area contributed by atoms with Gasteiger partial charge in [0.2, 0.25) is 0 Å². The van der Waals surface area contributed by atoms with Crippen LogP contribution in [0.25, 0.3) is 0 Å². The minimum absolute atomic E-state index is 0.848. The Kier molecular flexibility index (Phi) is 8.26. The predicted molar refractivity (Wildman–Crippen MR) is 45.7 cm³/mol. The van der Waals surface area contributed by atoms with Crippen molar-refractivity contribution < 1.29 is 0 Å². The van der Waals surface area contributed by atoms with Gasteiger partial charge in [-0.2, -0.15) is 0 Å². The smallest absolute Gasteiger partial charge is 0.0201 e. The van der Waals surface area contributed by atoms with Crippen molar-refractivity contribution in [2.75, 3.05) is 19.3 Å². The van der Waals surface area contributed by atoms with Crippen molar-refractivity contribution in [1.29, 1.82) is 0 Å². The Morgan fingerprint density at radius 3 is 2.56 bits per heavy atom. The van der Waals surface area contributed by atoms with Crippen LogP contribution in [0.4, 0.5) is 0 Å². The van der Waals surface area contributed by atoms with Crippen molar-refractivity contribution in [3.05, 3.63) is 0 Å². The summed E-state index contributed by atoms with van der Waals surface area (Å²) < 4.78 is 0. The molecule has 0 saturated heterocycles. The molecule has 0 radical (unpaired) electrons. The highest BCUT2D eigenvalue weighted by molar-refractivity contribution is 6.08. The molecule has 0 bridgehead atoms. The van der Waals surface area contributed by atoms with Crippen molar-refractivity contribution in [3.8, 4) is 0 Å². The van der Waals surface area contributed by atoms with Gasteiger partial charge < -0.3 is 11.1 Å². The van der Waals surface area contributed by atoms with Crippen LogP contribution in [0.5, 0.6) is 0 Å². The Balaban J connectivity index is 2.60. The van der Waals surface area contributed by atoms with E-state index in [1.807, 2.05) is 0 Å². The highest BCUT2D eigenvalue weighted by Gasteiger charge is 1.84. The van der Waals surface area contributed by atoms with E-state index in [0.29, 0.717) is 0 Å². The van der Waals surface area contributed by atoms with Crippen LogP contribution in [0.1, 0.15) is 19.3 Å². The quantitative estimate of drug-likeness (QED) is 0.374. The minimum Gasteiger partial charge on any atom is -0.330 e. The van der Waals surface area contributed by atoms with Gasteiger partial charge in [0.15, 0.2) is 0 Å². The molecular formula is C6H18N2Si. The van der Waals surface area contributed by atoms with E-state index < -0.39 is 0 Å². The molecule has 0 amide bonds. The summed E-state index contributed by atoms with van der Waals surface area (Å²) in [5, 5.41) is 3.33. The van der Waals surface area contributed by atoms with E-state index in [-0.39, 0.29) is 0 Å². The molecule has 0 fully saturated rings. The monoisotopic (exact) mass is 146 g/mol. The predicted octanol–water partition coefficient (Wildman–Crippen LogP) is -0.972. The summed E-state index contributed by atoms with van der Waals surface area (Å²) in [6, 6.07) is 0. The Hall–Kier alpha value is 0.137. The van der Waals surface area contributed by atoms with Crippen LogP contribution in [0.3, 0.4) is 0 Å². The average Bonchev–Trinajstić information content (AvgIpc) is 1.89. The van der Waals surface area contributed by atoms with Crippen molar-refractivity contribution >= 4 is 10.2 Å². The molecule has 0 aliphatic rings. The number of rotatable bonds is 6. The van der Waals surface area contributed by atoms with Gasteiger partial charge in [-0.25, -0.2) is 0 Å². The van der Waals surface area contributed by atoms with E-state index in [0.717, 1.165) is 6.54 Å².